The van der Waals surface area contributed by atoms with E-state index in [-0.39, 0.29) is 18.4 Å². The van der Waals surface area contributed by atoms with E-state index in [0.29, 0.717) is 27.9 Å². The Hall–Kier alpha value is -2.35. The third-order valence-corrected chi connectivity index (χ3v) is 4.09. The summed E-state index contributed by atoms with van der Waals surface area (Å²) in [6.07, 6.45) is 3.21. The number of carbonyl (C=O) groups is 2. The predicted octanol–water partition coefficient (Wildman–Crippen LogP) is 2.09. The number of aliphatic carboxylic acids is 1. The van der Waals surface area contributed by atoms with Crippen molar-refractivity contribution in [3.63, 3.8) is 0 Å². The lowest BCUT2D eigenvalue weighted by Crippen LogP contribution is -2.38. The number of carboxylic acids is 1. The first-order chi connectivity index (χ1) is 10.9. The molecule has 0 fully saturated rings. The molecule has 2 heterocycles. The largest absolute Gasteiger partial charge is 0.480 e. The van der Waals surface area contributed by atoms with Crippen LogP contribution < -0.4 is 0 Å². The van der Waals surface area contributed by atoms with Crippen LogP contribution in [0.3, 0.4) is 0 Å². The molecule has 0 unspecified atom stereocenters. The Morgan fingerprint density at radius 1 is 1.30 bits per heavy atom. The van der Waals surface area contributed by atoms with Crippen LogP contribution in [-0.4, -0.2) is 49.9 Å². The average Bonchev–Trinajstić information content (AvgIpc) is 2.88. The Bertz CT molecular complexity index is 700. The Morgan fingerprint density at radius 2 is 1.96 bits per heavy atom. The molecule has 0 atom stereocenters. The summed E-state index contributed by atoms with van der Waals surface area (Å²) in [5, 5.41) is 9.57. The van der Waals surface area contributed by atoms with Crippen molar-refractivity contribution in [1.82, 2.24) is 19.9 Å². The number of thiazole rings is 1. The molecule has 0 spiro atoms. The Labute approximate surface area is 138 Å². The highest BCUT2D eigenvalue weighted by atomic mass is 32.1. The highest BCUT2D eigenvalue weighted by molar-refractivity contribution is 7.17. The molecule has 7 nitrogen and oxygen atoms in total. The van der Waals surface area contributed by atoms with E-state index < -0.39 is 5.97 Å². The Balaban J connectivity index is 2.30. The summed E-state index contributed by atoms with van der Waals surface area (Å²) in [6, 6.07) is 1.70. The summed E-state index contributed by atoms with van der Waals surface area (Å²) >= 11 is 1.18. The number of hydrogen-bond acceptors (Lipinski definition) is 6. The smallest absolute Gasteiger partial charge is 0.323 e. The molecule has 0 aliphatic rings. The van der Waals surface area contributed by atoms with Crippen LogP contribution in [0.15, 0.2) is 18.5 Å². The van der Waals surface area contributed by atoms with E-state index >= 15 is 0 Å². The third-order valence-electron chi connectivity index (χ3n) is 2.95. The van der Waals surface area contributed by atoms with Crippen molar-refractivity contribution in [2.75, 3.05) is 13.1 Å². The second kappa shape index (κ2) is 7.28. The monoisotopic (exact) mass is 334 g/mol. The summed E-state index contributed by atoms with van der Waals surface area (Å²) in [4.78, 5) is 38.0. The first kappa shape index (κ1) is 17.0. The van der Waals surface area contributed by atoms with E-state index in [0.717, 1.165) is 0 Å². The van der Waals surface area contributed by atoms with Gasteiger partial charge >= 0.3 is 5.97 Å². The van der Waals surface area contributed by atoms with Gasteiger partial charge in [-0.15, -0.1) is 11.3 Å². The molecule has 0 saturated heterocycles. The molecule has 1 amide bonds. The summed E-state index contributed by atoms with van der Waals surface area (Å²) in [5.74, 6) is -0.734. The van der Waals surface area contributed by atoms with E-state index in [9.17, 15) is 9.59 Å². The van der Waals surface area contributed by atoms with Crippen molar-refractivity contribution in [1.29, 1.82) is 0 Å². The molecule has 122 valence electrons. The number of amides is 1. The molecule has 2 aromatic rings. The second-order valence-electron chi connectivity index (χ2n) is 5.48. The lowest BCUT2D eigenvalue weighted by atomic mass is 10.2. The van der Waals surface area contributed by atoms with Crippen molar-refractivity contribution in [2.24, 2.45) is 5.92 Å². The molecule has 0 radical (unpaired) electrons. The van der Waals surface area contributed by atoms with Crippen LogP contribution in [-0.2, 0) is 4.79 Å². The topological polar surface area (TPSA) is 96.3 Å². The van der Waals surface area contributed by atoms with E-state index in [4.69, 9.17) is 5.11 Å². The second-order valence-corrected chi connectivity index (χ2v) is 6.48. The van der Waals surface area contributed by atoms with Gasteiger partial charge in [0, 0.05) is 18.9 Å². The number of carboxylic acid groups (broad SMARTS) is 1. The Morgan fingerprint density at radius 3 is 2.52 bits per heavy atom. The standard InChI is InChI=1S/C15H18N4O3S/c1-9(2)7-19(8-11(20)21)15(22)12-10(3)18-14(23-12)13-16-5-4-6-17-13/h4-6,9H,7-8H2,1-3H3,(H,20,21). The molecule has 0 aliphatic heterocycles. The van der Waals surface area contributed by atoms with Gasteiger partial charge < -0.3 is 10.0 Å². The normalized spacial score (nSPS) is 10.8. The molecule has 8 heteroatoms. The fourth-order valence-electron chi connectivity index (χ4n) is 2.07. The minimum Gasteiger partial charge on any atom is -0.480 e. The molecule has 23 heavy (non-hydrogen) atoms. The third kappa shape index (κ3) is 4.32. The molecular weight excluding hydrogens is 316 g/mol. The van der Waals surface area contributed by atoms with Crippen LogP contribution in [0.2, 0.25) is 0 Å². The maximum atomic E-state index is 12.7. The van der Waals surface area contributed by atoms with Gasteiger partial charge in [0.05, 0.1) is 5.69 Å². The number of aromatic nitrogens is 3. The highest BCUT2D eigenvalue weighted by Crippen LogP contribution is 2.26. The maximum Gasteiger partial charge on any atom is 0.323 e. The molecule has 2 aromatic heterocycles. The Kier molecular flexibility index (Phi) is 5.38. The molecule has 0 saturated carbocycles. The van der Waals surface area contributed by atoms with E-state index in [2.05, 4.69) is 15.0 Å². The van der Waals surface area contributed by atoms with Crippen LogP contribution in [0, 0.1) is 12.8 Å². The van der Waals surface area contributed by atoms with Gasteiger partial charge in [0.2, 0.25) is 0 Å². The van der Waals surface area contributed by atoms with Gasteiger partial charge in [-0.2, -0.15) is 0 Å². The zero-order valence-electron chi connectivity index (χ0n) is 13.2. The van der Waals surface area contributed by atoms with Gasteiger partial charge in [-0.05, 0) is 18.9 Å². The van der Waals surface area contributed by atoms with E-state index in [1.165, 1.54) is 16.2 Å². The van der Waals surface area contributed by atoms with Crippen molar-refractivity contribution in [3.05, 3.63) is 29.0 Å². The first-order valence-corrected chi connectivity index (χ1v) is 7.96. The first-order valence-electron chi connectivity index (χ1n) is 7.14. The van der Waals surface area contributed by atoms with E-state index in [1.54, 1.807) is 25.4 Å². The number of rotatable bonds is 6. The van der Waals surface area contributed by atoms with Gasteiger partial charge in [0.25, 0.3) is 5.91 Å². The molecular formula is C15H18N4O3S. The molecule has 0 aliphatic carbocycles. The summed E-state index contributed by atoms with van der Waals surface area (Å²) < 4.78 is 0. The summed E-state index contributed by atoms with van der Waals surface area (Å²) in [5.41, 5.74) is 0.557. The van der Waals surface area contributed by atoms with Gasteiger partial charge in [-0.25, -0.2) is 15.0 Å². The summed E-state index contributed by atoms with van der Waals surface area (Å²) in [7, 11) is 0. The van der Waals surface area contributed by atoms with Gasteiger partial charge in [-0.3, -0.25) is 9.59 Å². The summed E-state index contributed by atoms with van der Waals surface area (Å²) in [6.45, 7) is 5.64. The molecule has 2 rings (SSSR count). The quantitative estimate of drug-likeness (QED) is 0.869. The number of hydrogen-bond donors (Lipinski definition) is 1. The number of aryl methyl sites for hydroxylation is 1. The zero-order valence-corrected chi connectivity index (χ0v) is 14.0. The lowest BCUT2D eigenvalue weighted by molar-refractivity contribution is -0.137. The zero-order chi connectivity index (χ0) is 17.0. The van der Waals surface area contributed by atoms with Crippen LogP contribution in [0.4, 0.5) is 0 Å². The lowest BCUT2D eigenvalue weighted by Gasteiger charge is -2.22. The molecule has 0 aromatic carbocycles. The van der Waals surface area contributed by atoms with E-state index in [1.807, 2.05) is 13.8 Å². The van der Waals surface area contributed by atoms with Crippen LogP contribution in [0.5, 0.6) is 0 Å². The van der Waals surface area contributed by atoms with Gasteiger partial charge in [0.1, 0.15) is 11.4 Å². The average molecular weight is 334 g/mol. The van der Waals surface area contributed by atoms with Crippen LogP contribution >= 0.6 is 11.3 Å². The van der Waals surface area contributed by atoms with Crippen LogP contribution in [0.25, 0.3) is 10.8 Å². The maximum absolute atomic E-state index is 12.7. The number of nitrogens with zero attached hydrogens (tertiary/aromatic N) is 4. The van der Waals surface area contributed by atoms with Crippen molar-refractivity contribution < 1.29 is 14.7 Å². The molecule has 0 bridgehead atoms. The van der Waals surface area contributed by atoms with Gasteiger partial charge in [0.15, 0.2) is 10.8 Å². The van der Waals surface area contributed by atoms with Crippen molar-refractivity contribution in [3.8, 4) is 10.8 Å². The number of carbonyl (C=O) groups excluding carboxylic acids is 1. The molecule has 1 N–H and O–H groups in total. The van der Waals surface area contributed by atoms with Gasteiger partial charge in [-0.1, -0.05) is 13.8 Å². The fourth-order valence-corrected chi connectivity index (χ4v) is 3.05. The van der Waals surface area contributed by atoms with Crippen molar-refractivity contribution >= 4 is 23.2 Å². The van der Waals surface area contributed by atoms with Crippen molar-refractivity contribution in [2.45, 2.75) is 20.8 Å². The SMILES string of the molecule is Cc1nc(-c2ncccn2)sc1C(=O)N(CC(=O)O)CC(C)C. The fraction of sp³-hybridized carbons (Fsp3) is 0.400. The predicted molar refractivity (Wildman–Crippen MR) is 86.3 cm³/mol. The minimum atomic E-state index is -1.03. The highest BCUT2D eigenvalue weighted by Gasteiger charge is 2.24. The minimum absolute atomic E-state index is 0.170. The van der Waals surface area contributed by atoms with Crippen LogP contribution in [0.1, 0.15) is 29.2 Å².